The molecule has 0 fully saturated rings. The molecule has 0 heterocycles. The molecule has 0 spiro atoms. The van der Waals surface area contributed by atoms with Crippen LogP contribution in [0, 0.1) is 0 Å². The van der Waals surface area contributed by atoms with Gasteiger partial charge in [-0.3, -0.25) is 9.36 Å². The highest BCUT2D eigenvalue weighted by molar-refractivity contribution is 7.57. The van der Waals surface area contributed by atoms with Crippen molar-refractivity contribution < 1.29 is 42.7 Å². The van der Waals surface area contributed by atoms with Crippen LogP contribution in [-0.4, -0.2) is 58.5 Å². The Morgan fingerprint density at radius 1 is 0.917 bits per heavy atom. The number of aliphatic carboxylic acids is 1. The quantitative estimate of drug-likeness (QED) is 0.261. The SMILES string of the molecule is CCC(C)(NP(=O)(COC)Oc1cc(/C=C\c2cc(OC)c(OC)c(OC)c2)ccc1OC)C(=O)O. The van der Waals surface area contributed by atoms with E-state index in [4.69, 9.17) is 28.2 Å². The standard InChI is InChI=1S/C25H34NO9P/c1-8-25(2,24(27)28)26-36(29,16-30-3)35-20-13-17(11-12-19(20)31-4)9-10-18-14-21(32-5)23(34-7)22(15-18)33-6/h9-15H,8,16H2,1-7H3,(H,26,29)(H,27,28)/b10-9-. The predicted octanol–water partition coefficient (Wildman–Crippen LogP) is 4.91. The van der Waals surface area contributed by atoms with Gasteiger partial charge in [-0.25, -0.2) is 5.09 Å². The molecule has 2 unspecified atom stereocenters. The van der Waals surface area contributed by atoms with Crippen LogP contribution in [0.3, 0.4) is 0 Å². The molecule has 198 valence electrons. The van der Waals surface area contributed by atoms with Crippen molar-refractivity contribution in [3.8, 4) is 28.7 Å². The number of rotatable bonds is 14. The Bertz CT molecular complexity index is 1110. The van der Waals surface area contributed by atoms with Crippen LogP contribution < -0.4 is 28.6 Å². The van der Waals surface area contributed by atoms with Gasteiger partial charge in [-0.2, -0.15) is 0 Å². The van der Waals surface area contributed by atoms with Crippen LogP contribution in [0.25, 0.3) is 12.2 Å². The molecule has 2 aromatic rings. The lowest BCUT2D eigenvalue weighted by Crippen LogP contribution is -2.48. The van der Waals surface area contributed by atoms with Gasteiger partial charge in [0.15, 0.2) is 23.0 Å². The third-order valence-corrected chi connectivity index (χ3v) is 7.41. The number of hydrogen-bond acceptors (Lipinski definition) is 8. The Morgan fingerprint density at radius 2 is 1.47 bits per heavy atom. The van der Waals surface area contributed by atoms with E-state index in [9.17, 15) is 14.5 Å². The third kappa shape index (κ3) is 6.94. The summed E-state index contributed by atoms with van der Waals surface area (Å²) < 4.78 is 46.1. The van der Waals surface area contributed by atoms with Crippen molar-refractivity contribution in [3.05, 3.63) is 41.5 Å². The predicted molar refractivity (Wildman–Crippen MR) is 138 cm³/mol. The first-order valence-electron chi connectivity index (χ1n) is 11.0. The van der Waals surface area contributed by atoms with E-state index < -0.39 is 19.0 Å². The lowest BCUT2D eigenvalue weighted by Gasteiger charge is -2.30. The molecule has 0 aliphatic rings. The van der Waals surface area contributed by atoms with Gasteiger partial charge in [0.2, 0.25) is 5.75 Å². The first kappa shape index (κ1) is 29.0. The average molecular weight is 524 g/mol. The molecule has 0 saturated heterocycles. The Morgan fingerprint density at radius 3 is 1.94 bits per heavy atom. The van der Waals surface area contributed by atoms with Gasteiger partial charge >= 0.3 is 13.5 Å². The van der Waals surface area contributed by atoms with Crippen molar-refractivity contribution in [2.24, 2.45) is 0 Å². The van der Waals surface area contributed by atoms with Crippen LogP contribution in [0.4, 0.5) is 0 Å². The van der Waals surface area contributed by atoms with Crippen LogP contribution in [0.5, 0.6) is 28.7 Å². The summed E-state index contributed by atoms with van der Waals surface area (Å²) in [7, 11) is 3.62. The minimum absolute atomic E-state index is 0.168. The van der Waals surface area contributed by atoms with Crippen molar-refractivity contribution in [2.75, 3.05) is 41.9 Å². The van der Waals surface area contributed by atoms with E-state index in [2.05, 4.69) is 5.09 Å². The first-order chi connectivity index (χ1) is 17.1. The van der Waals surface area contributed by atoms with E-state index in [-0.39, 0.29) is 18.5 Å². The zero-order valence-electron chi connectivity index (χ0n) is 21.6. The van der Waals surface area contributed by atoms with Gasteiger partial charge in [0, 0.05) is 7.11 Å². The number of carboxylic acid groups (broad SMARTS) is 1. The summed E-state index contributed by atoms with van der Waals surface area (Å²) in [6, 6.07) is 8.70. The minimum atomic E-state index is -3.80. The Balaban J connectivity index is 2.43. The maximum Gasteiger partial charge on any atom is 0.342 e. The highest BCUT2D eigenvalue weighted by Crippen LogP contribution is 2.48. The monoisotopic (exact) mass is 523 g/mol. The van der Waals surface area contributed by atoms with Crippen molar-refractivity contribution in [3.63, 3.8) is 0 Å². The fourth-order valence-electron chi connectivity index (χ4n) is 3.32. The maximum atomic E-state index is 13.6. The van der Waals surface area contributed by atoms with Gasteiger partial charge < -0.3 is 33.3 Å². The highest BCUT2D eigenvalue weighted by Gasteiger charge is 2.40. The molecular weight excluding hydrogens is 489 g/mol. The second-order valence-corrected chi connectivity index (χ2v) is 10.00. The smallest absolute Gasteiger partial charge is 0.342 e. The third-order valence-electron chi connectivity index (χ3n) is 5.48. The molecule has 2 N–H and O–H groups in total. The van der Waals surface area contributed by atoms with Crippen LogP contribution in [0.2, 0.25) is 0 Å². The van der Waals surface area contributed by atoms with Crippen molar-refractivity contribution in [2.45, 2.75) is 25.8 Å². The van der Waals surface area contributed by atoms with Crippen LogP contribution in [0.1, 0.15) is 31.4 Å². The normalized spacial score (nSPS) is 14.5. The van der Waals surface area contributed by atoms with Gasteiger partial charge in [-0.15, -0.1) is 0 Å². The Hall–Kier alpha value is -3.20. The van der Waals surface area contributed by atoms with Gasteiger partial charge in [0.1, 0.15) is 11.9 Å². The number of methoxy groups -OCH3 is 5. The first-order valence-corrected chi connectivity index (χ1v) is 12.9. The topological polar surface area (TPSA) is 122 Å². The second kappa shape index (κ2) is 12.7. The molecule has 0 bridgehead atoms. The zero-order chi connectivity index (χ0) is 26.9. The Labute approximate surface area is 211 Å². The highest BCUT2D eigenvalue weighted by atomic mass is 31.2. The fraction of sp³-hybridized carbons (Fsp3) is 0.400. The molecule has 0 aromatic heterocycles. The molecule has 0 aliphatic carbocycles. The van der Waals surface area contributed by atoms with Gasteiger partial charge in [0.25, 0.3) is 0 Å². The second-order valence-electron chi connectivity index (χ2n) is 7.99. The van der Waals surface area contributed by atoms with Crippen LogP contribution >= 0.6 is 7.52 Å². The number of carboxylic acids is 1. The summed E-state index contributed by atoms with van der Waals surface area (Å²) in [5, 5.41) is 12.3. The largest absolute Gasteiger partial charge is 0.493 e. The minimum Gasteiger partial charge on any atom is -0.493 e. The molecule has 0 radical (unpaired) electrons. The fourth-order valence-corrected chi connectivity index (χ4v) is 5.29. The van der Waals surface area contributed by atoms with Crippen molar-refractivity contribution in [1.29, 1.82) is 0 Å². The Kier molecular flexibility index (Phi) is 10.2. The number of nitrogens with one attached hydrogen (secondary N) is 1. The number of carbonyl (C=O) groups is 1. The summed E-state index contributed by atoms with van der Waals surface area (Å²) in [5.74, 6) is 0.851. The van der Waals surface area contributed by atoms with Gasteiger partial charge in [-0.05, 0) is 48.7 Å². The summed E-state index contributed by atoms with van der Waals surface area (Å²) >= 11 is 0. The van der Waals surface area contributed by atoms with E-state index in [1.165, 1.54) is 42.5 Å². The number of benzene rings is 2. The molecule has 0 aliphatic heterocycles. The maximum absolute atomic E-state index is 13.6. The zero-order valence-corrected chi connectivity index (χ0v) is 22.5. The van der Waals surface area contributed by atoms with E-state index in [1.54, 1.807) is 37.3 Å². The molecule has 11 heteroatoms. The molecule has 36 heavy (non-hydrogen) atoms. The molecular formula is C25H34NO9P. The summed E-state index contributed by atoms with van der Waals surface area (Å²) in [6.45, 7) is 3.11. The van der Waals surface area contributed by atoms with E-state index >= 15 is 0 Å². The molecule has 2 rings (SSSR count). The number of hydrogen-bond donors (Lipinski definition) is 2. The van der Waals surface area contributed by atoms with Crippen LogP contribution in [0.15, 0.2) is 30.3 Å². The molecule has 0 amide bonds. The molecule has 10 nitrogen and oxygen atoms in total. The molecule has 2 atom stereocenters. The lowest BCUT2D eigenvalue weighted by molar-refractivity contribution is -0.143. The molecule has 0 saturated carbocycles. The summed E-state index contributed by atoms with van der Waals surface area (Å²) in [4.78, 5) is 11.8. The van der Waals surface area contributed by atoms with E-state index in [0.29, 0.717) is 28.6 Å². The summed E-state index contributed by atoms with van der Waals surface area (Å²) in [5.41, 5.74) is 0.0142. The van der Waals surface area contributed by atoms with Crippen molar-refractivity contribution in [1.82, 2.24) is 5.09 Å². The average Bonchev–Trinajstić information content (AvgIpc) is 2.86. The lowest BCUT2D eigenvalue weighted by atomic mass is 10.0. The van der Waals surface area contributed by atoms with Gasteiger partial charge in [0.05, 0.1) is 28.4 Å². The summed E-state index contributed by atoms with van der Waals surface area (Å²) in [6.07, 6.45) is 3.48. The molecule has 2 aromatic carbocycles. The van der Waals surface area contributed by atoms with E-state index in [0.717, 1.165) is 5.56 Å². The van der Waals surface area contributed by atoms with E-state index in [1.807, 2.05) is 12.2 Å². The van der Waals surface area contributed by atoms with Crippen molar-refractivity contribution >= 4 is 25.6 Å². The van der Waals surface area contributed by atoms with Gasteiger partial charge in [-0.1, -0.05) is 25.1 Å². The number of ether oxygens (including phenoxy) is 5. The van der Waals surface area contributed by atoms with Crippen LogP contribution in [-0.2, 0) is 14.1 Å².